The first kappa shape index (κ1) is 26.0. The van der Waals surface area contributed by atoms with Gasteiger partial charge in [0, 0.05) is 17.9 Å². The Morgan fingerprint density at radius 1 is 0.912 bits per heavy atom. The molecule has 0 fully saturated rings. The second-order valence-electron chi connectivity index (χ2n) is 8.93. The summed E-state index contributed by atoms with van der Waals surface area (Å²) in [5.41, 5.74) is 4.78. The number of nitrogens with zero attached hydrogens (tertiary/aromatic N) is 3. The van der Waals surface area contributed by atoms with E-state index in [-0.39, 0.29) is 5.91 Å². The van der Waals surface area contributed by atoms with Gasteiger partial charge in [0.15, 0.2) is 11.0 Å². The lowest BCUT2D eigenvalue weighted by atomic mass is 10.1. The summed E-state index contributed by atoms with van der Waals surface area (Å²) in [6, 6.07) is 16.8. The van der Waals surface area contributed by atoms with Crippen molar-refractivity contribution in [1.82, 2.24) is 20.1 Å². The quantitative estimate of drug-likeness (QED) is 0.201. The molecule has 3 rings (SSSR count). The average Bonchev–Trinajstić information content (AvgIpc) is 3.25. The van der Waals surface area contributed by atoms with E-state index < -0.39 is 0 Å². The number of nitrogens with one attached hydrogen (secondary N) is 1. The van der Waals surface area contributed by atoms with E-state index in [4.69, 9.17) is 0 Å². The number of carbonyl (C=O) groups is 1. The summed E-state index contributed by atoms with van der Waals surface area (Å²) in [5.74, 6) is 1.66. The number of benzene rings is 2. The van der Waals surface area contributed by atoms with Crippen molar-refractivity contribution in [2.24, 2.45) is 0 Å². The van der Waals surface area contributed by atoms with Crippen molar-refractivity contribution < 1.29 is 4.79 Å². The van der Waals surface area contributed by atoms with Gasteiger partial charge in [-0.2, -0.15) is 0 Å². The molecule has 6 heteroatoms. The van der Waals surface area contributed by atoms with Crippen LogP contribution in [0.5, 0.6) is 0 Å². The standard InChI is InChI=1S/C28H38N4OS/c1-4-5-6-7-8-9-10-15-27(33)29-20-26-30-31-28(32(26)25-18-16-22(2)17-19-25)34-21-24-14-12-11-13-23(24)3/h11-14,16-19H,4-10,15,20-21H2,1-3H3,(H,29,33). The first-order valence-electron chi connectivity index (χ1n) is 12.5. The van der Waals surface area contributed by atoms with Crippen LogP contribution in [0.15, 0.2) is 53.7 Å². The van der Waals surface area contributed by atoms with E-state index in [1.54, 1.807) is 11.8 Å². The fraction of sp³-hybridized carbons (Fsp3) is 0.464. The Kier molecular flexibility index (Phi) is 10.7. The van der Waals surface area contributed by atoms with Crippen LogP contribution in [0.2, 0.25) is 0 Å². The Morgan fingerprint density at radius 3 is 2.35 bits per heavy atom. The molecule has 5 nitrogen and oxygen atoms in total. The molecule has 0 bridgehead atoms. The Labute approximate surface area is 208 Å². The van der Waals surface area contributed by atoms with Crippen LogP contribution >= 0.6 is 11.8 Å². The summed E-state index contributed by atoms with van der Waals surface area (Å²) >= 11 is 1.67. The molecule has 0 aliphatic rings. The molecule has 0 unspecified atom stereocenters. The van der Waals surface area contributed by atoms with Gasteiger partial charge in [0.05, 0.1) is 6.54 Å². The highest BCUT2D eigenvalue weighted by Crippen LogP contribution is 2.26. The molecule has 34 heavy (non-hydrogen) atoms. The Balaban J connectivity index is 1.61. The third-order valence-electron chi connectivity index (χ3n) is 6.06. The molecular formula is C28H38N4OS. The third-order valence-corrected chi connectivity index (χ3v) is 7.04. The monoisotopic (exact) mass is 478 g/mol. The predicted molar refractivity (Wildman–Crippen MR) is 141 cm³/mol. The van der Waals surface area contributed by atoms with Crippen LogP contribution in [0.4, 0.5) is 0 Å². The molecule has 0 radical (unpaired) electrons. The summed E-state index contributed by atoms with van der Waals surface area (Å²) in [7, 11) is 0. The molecule has 0 aliphatic carbocycles. The molecule has 0 aliphatic heterocycles. The first-order valence-corrected chi connectivity index (χ1v) is 13.5. The molecule has 2 aromatic carbocycles. The summed E-state index contributed by atoms with van der Waals surface area (Å²) in [4.78, 5) is 12.4. The maximum absolute atomic E-state index is 12.4. The molecule has 0 saturated heterocycles. The molecule has 0 saturated carbocycles. The number of hydrogen-bond acceptors (Lipinski definition) is 4. The van der Waals surface area contributed by atoms with E-state index in [0.717, 1.165) is 35.3 Å². The Morgan fingerprint density at radius 2 is 1.62 bits per heavy atom. The number of thioether (sulfide) groups is 1. The van der Waals surface area contributed by atoms with E-state index in [1.807, 2.05) is 0 Å². The van der Waals surface area contributed by atoms with Crippen LogP contribution < -0.4 is 5.32 Å². The van der Waals surface area contributed by atoms with Crippen molar-refractivity contribution in [3.63, 3.8) is 0 Å². The maximum atomic E-state index is 12.4. The normalized spacial score (nSPS) is 11.0. The second-order valence-corrected chi connectivity index (χ2v) is 9.88. The maximum Gasteiger partial charge on any atom is 0.220 e. The number of rotatable bonds is 14. The highest BCUT2D eigenvalue weighted by molar-refractivity contribution is 7.98. The number of hydrogen-bond donors (Lipinski definition) is 1. The van der Waals surface area contributed by atoms with Crippen LogP contribution in [0.3, 0.4) is 0 Å². The topological polar surface area (TPSA) is 59.8 Å². The molecule has 0 spiro atoms. The minimum atomic E-state index is 0.0844. The highest BCUT2D eigenvalue weighted by atomic mass is 32.2. The smallest absolute Gasteiger partial charge is 0.220 e. The number of aromatic nitrogens is 3. The number of unbranched alkanes of at least 4 members (excludes halogenated alkanes) is 6. The van der Waals surface area contributed by atoms with Crippen LogP contribution in [0.25, 0.3) is 5.69 Å². The predicted octanol–water partition coefficient (Wildman–Crippen LogP) is 6.93. The molecule has 1 amide bonds. The Hall–Kier alpha value is -2.60. The zero-order chi connectivity index (χ0) is 24.2. The average molecular weight is 479 g/mol. The molecule has 1 aromatic heterocycles. The van der Waals surface area contributed by atoms with Gasteiger partial charge in [0.25, 0.3) is 0 Å². The lowest BCUT2D eigenvalue weighted by Gasteiger charge is -2.12. The van der Waals surface area contributed by atoms with Gasteiger partial charge in [-0.3, -0.25) is 9.36 Å². The van der Waals surface area contributed by atoms with Gasteiger partial charge < -0.3 is 5.32 Å². The van der Waals surface area contributed by atoms with Gasteiger partial charge in [-0.1, -0.05) is 99.2 Å². The second kappa shape index (κ2) is 14.0. The lowest BCUT2D eigenvalue weighted by Crippen LogP contribution is -2.24. The summed E-state index contributed by atoms with van der Waals surface area (Å²) in [5, 5.41) is 12.8. The fourth-order valence-electron chi connectivity index (χ4n) is 3.88. The van der Waals surface area contributed by atoms with Crippen LogP contribution in [-0.4, -0.2) is 20.7 Å². The molecule has 1 heterocycles. The van der Waals surface area contributed by atoms with Crippen molar-refractivity contribution in [3.8, 4) is 5.69 Å². The van der Waals surface area contributed by atoms with E-state index in [2.05, 4.69) is 89.4 Å². The first-order chi connectivity index (χ1) is 16.6. The highest BCUT2D eigenvalue weighted by Gasteiger charge is 2.16. The summed E-state index contributed by atoms with van der Waals surface area (Å²) < 4.78 is 2.07. The van der Waals surface area contributed by atoms with Crippen molar-refractivity contribution in [3.05, 3.63) is 71.0 Å². The van der Waals surface area contributed by atoms with E-state index in [1.165, 1.54) is 48.8 Å². The zero-order valence-corrected chi connectivity index (χ0v) is 21.7. The van der Waals surface area contributed by atoms with Gasteiger partial charge in [-0.25, -0.2) is 0 Å². The molecule has 1 N–H and O–H groups in total. The van der Waals surface area contributed by atoms with Gasteiger partial charge in [-0.15, -0.1) is 10.2 Å². The fourth-order valence-corrected chi connectivity index (χ4v) is 4.93. The Bertz CT molecular complexity index is 1030. The van der Waals surface area contributed by atoms with Gasteiger partial charge in [0.1, 0.15) is 0 Å². The zero-order valence-electron chi connectivity index (χ0n) is 20.8. The molecule has 0 atom stereocenters. The number of aryl methyl sites for hydroxylation is 2. The van der Waals surface area contributed by atoms with Crippen molar-refractivity contribution in [2.75, 3.05) is 0 Å². The van der Waals surface area contributed by atoms with E-state index >= 15 is 0 Å². The summed E-state index contributed by atoms with van der Waals surface area (Å²) in [6.07, 6.45) is 9.02. The SMILES string of the molecule is CCCCCCCCCC(=O)NCc1nnc(SCc2ccccc2C)n1-c1ccc(C)cc1. The van der Waals surface area contributed by atoms with Gasteiger partial charge in [-0.05, 0) is 43.5 Å². The van der Waals surface area contributed by atoms with Crippen LogP contribution in [-0.2, 0) is 17.1 Å². The van der Waals surface area contributed by atoms with Crippen LogP contribution in [0.1, 0.15) is 80.8 Å². The summed E-state index contributed by atoms with van der Waals surface area (Å²) in [6.45, 7) is 6.82. The van der Waals surface area contributed by atoms with Crippen molar-refractivity contribution in [2.45, 2.75) is 89.6 Å². The van der Waals surface area contributed by atoms with Gasteiger partial charge >= 0.3 is 0 Å². The molecule has 3 aromatic rings. The largest absolute Gasteiger partial charge is 0.349 e. The third kappa shape index (κ3) is 8.01. The van der Waals surface area contributed by atoms with E-state index in [9.17, 15) is 4.79 Å². The number of amides is 1. The molecule has 182 valence electrons. The minimum absolute atomic E-state index is 0.0844. The molecular weight excluding hydrogens is 440 g/mol. The number of carbonyl (C=O) groups excluding carboxylic acids is 1. The minimum Gasteiger partial charge on any atom is -0.349 e. The van der Waals surface area contributed by atoms with Crippen molar-refractivity contribution >= 4 is 17.7 Å². The lowest BCUT2D eigenvalue weighted by molar-refractivity contribution is -0.121. The van der Waals surface area contributed by atoms with E-state index in [0.29, 0.717) is 13.0 Å². The van der Waals surface area contributed by atoms with Gasteiger partial charge in [0.2, 0.25) is 5.91 Å². The van der Waals surface area contributed by atoms with Crippen LogP contribution in [0, 0.1) is 13.8 Å². The van der Waals surface area contributed by atoms with Crippen molar-refractivity contribution in [1.29, 1.82) is 0 Å².